The number of aryl methyl sites for hydroxylation is 2. The summed E-state index contributed by atoms with van der Waals surface area (Å²) in [5.41, 5.74) is 2.70. The first-order valence-corrected chi connectivity index (χ1v) is 15.8. The molecule has 2 aromatic rings. The third kappa shape index (κ3) is 10.3. The van der Waals surface area contributed by atoms with E-state index in [4.69, 9.17) is 4.74 Å². The van der Waals surface area contributed by atoms with Crippen molar-refractivity contribution in [3.63, 3.8) is 0 Å². The Labute approximate surface area is 257 Å². The van der Waals surface area contributed by atoms with Crippen LogP contribution in [0.2, 0.25) is 0 Å². The van der Waals surface area contributed by atoms with Gasteiger partial charge in [0.2, 0.25) is 11.8 Å². The molecule has 0 heterocycles. The number of carbonyl (C=O) groups is 3. The van der Waals surface area contributed by atoms with E-state index in [-0.39, 0.29) is 30.0 Å². The maximum absolute atomic E-state index is 14.7. The third-order valence-corrected chi connectivity index (χ3v) is 7.98. The first kappa shape index (κ1) is 33.9. The quantitative estimate of drug-likeness (QED) is 0.239. The van der Waals surface area contributed by atoms with Crippen LogP contribution in [0.3, 0.4) is 0 Å². The number of nitrogens with zero attached hydrogens (tertiary/aromatic N) is 1. The van der Waals surface area contributed by atoms with Crippen molar-refractivity contribution >= 4 is 17.9 Å². The monoisotopic (exact) mass is 593 g/mol. The van der Waals surface area contributed by atoms with E-state index >= 15 is 0 Å². The summed E-state index contributed by atoms with van der Waals surface area (Å²) >= 11 is 0. The first-order chi connectivity index (χ1) is 20.4. The largest absolute Gasteiger partial charge is 0.508 e. The molecule has 2 aromatic carbocycles. The zero-order valence-corrected chi connectivity index (χ0v) is 26.9. The third-order valence-electron chi connectivity index (χ3n) is 7.98. The Kier molecular flexibility index (Phi) is 12.5. The number of phenols is 1. The van der Waals surface area contributed by atoms with Gasteiger partial charge in [-0.1, -0.05) is 69.4 Å². The van der Waals surface area contributed by atoms with Crippen molar-refractivity contribution < 1.29 is 24.2 Å². The van der Waals surface area contributed by atoms with Crippen molar-refractivity contribution in [3.05, 3.63) is 64.7 Å². The van der Waals surface area contributed by atoms with Gasteiger partial charge in [0.15, 0.2) is 0 Å². The van der Waals surface area contributed by atoms with E-state index in [0.29, 0.717) is 6.54 Å². The van der Waals surface area contributed by atoms with E-state index < -0.39 is 23.8 Å². The topological polar surface area (TPSA) is 108 Å². The number of hydrogen-bond acceptors (Lipinski definition) is 5. The highest BCUT2D eigenvalue weighted by molar-refractivity contribution is 5.93. The van der Waals surface area contributed by atoms with Crippen LogP contribution in [0.5, 0.6) is 5.75 Å². The van der Waals surface area contributed by atoms with Gasteiger partial charge < -0.3 is 25.4 Å². The van der Waals surface area contributed by atoms with Gasteiger partial charge in [-0.3, -0.25) is 9.59 Å². The lowest BCUT2D eigenvalue weighted by molar-refractivity contribution is -0.143. The summed E-state index contributed by atoms with van der Waals surface area (Å²) in [5, 5.41) is 15.9. The molecule has 3 N–H and O–H groups in total. The van der Waals surface area contributed by atoms with Gasteiger partial charge in [0, 0.05) is 19.0 Å². The van der Waals surface area contributed by atoms with Crippen molar-refractivity contribution in [1.82, 2.24) is 15.5 Å². The Morgan fingerprint density at radius 1 is 0.977 bits per heavy atom. The molecular formula is C35H51N3O5. The van der Waals surface area contributed by atoms with Gasteiger partial charge in [0.05, 0.1) is 0 Å². The van der Waals surface area contributed by atoms with Crippen LogP contribution < -0.4 is 10.6 Å². The minimum absolute atomic E-state index is 0.0772. The molecule has 2 atom stereocenters. The fourth-order valence-electron chi connectivity index (χ4n) is 5.83. The van der Waals surface area contributed by atoms with Crippen LogP contribution in [0.4, 0.5) is 4.79 Å². The molecule has 2 unspecified atom stereocenters. The average Bonchev–Trinajstić information content (AvgIpc) is 2.94. The van der Waals surface area contributed by atoms with Crippen LogP contribution in [-0.2, 0) is 20.7 Å². The fourth-order valence-corrected chi connectivity index (χ4v) is 5.83. The second-order valence-electron chi connectivity index (χ2n) is 12.9. The lowest BCUT2D eigenvalue weighted by atomic mass is 9.91. The number of hydrogen-bond donors (Lipinski definition) is 3. The molecule has 0 aliphatic heterocycles. The van der Waals surface area contributed by atoms with E-state index in [9.17, 15) is 19.5 Å². The minimum atomic E-state index is -0.990. The second-order valence-corrected chi connectivity index (χ2v) is 12.9. The Balaban J connectivity index is 2.07. The number of phenolic OH excluding ortho intramolecular Hbond substituents is 1. The standard InChI is InChI=1S/C35H51N3O5/c1-7-8-12-22-38(31(30-24(2)14-13-15-25(30)3)32(40)36-27-16-10-9-11-17-27)33(41)29(37-34(42)43-35(4,5)6)23-26-18-20-28(39)21-19-26/h13-15,18-21,27,29,31,39H,7-12,16-17,22-23H2,1-6H3,(H,36,40)(H,37,42). The van der Waals surface area contributed by atoms with Crippen LogP contribution >= 0.6 is 0 Å². The van der Waals surface area contributed by atoms with E-state index in [1.807, 2.05) is 32.0 Å². The van der Waals surface area contributed by atoms with Crippen molar-refractivity contribution in [1.29, 1.82) is 0 Å². The highest BCUT2D eigenvalue weighted by Gasteiger charge is 2.38. The van der Waals surface area contributed by atoms with Crippen molar-refractivity contribution in [3.8, 4) is 5.75 Å². The smallest absolute Gasteiger partial charge is 0.408 e. The molecule has 1 aliphatic carbocycles. The Morgan fingerprint density at radius 2 is 1.60 bits per heavy atom. The van der Waals surface area contributed by atoms with Gasteiger partial charge >= 0.3 is 6.09 Å². The molecule has 3 rings (SSSR count). The molecule has 8 heteroatoms. The van der Waals surface area contributed by atoms with E-state index in [0.717, 1.165) is 67.2 Å². The lowest BCUT2D eigenvalue weighted by Crippen LogP contribution is -2.55. The highest BCUT2D eigenvalue weighted by Crippen LogP contribution is 2.30. The van der Waals surface area contributed by atoms with Gasteiger partial charge in [-0.25, -0.2) is 4.79 Å². The molecule has 1 saturated carbocycles. The van der Waals surface area contributed by atoms with Crippen molar-refractivity contribution in [2.24, 2.45) is 0 Å². The summed E-state index contributed by atoms with van der Waals surface area (Å²) in [5.74, 6) is -0.418. The molecule has 0 saturated heterocycles. The minimum Gasteiger partial charge on any atom is -0.508 e. The molecular weight excluding hydrogens is 542 g/mol. The zero-order valence-electron chi connectivity index (χ0n) is 26.9. The molecule has 0 bridgehead atoms. The molecule has 1 fully saturated rings. The van der Waals surface area contributed by atoms with Gasteiger partial charge in [-0.2, -0.15) is 0 Å². The number of aromatic hydroxyl groups is 1. The Bertz CT molecular complexity index is 1190. The van der Waals surface area contributed by atoms with Gasteiger partial charge in [0.25, 0.3) is 0 Å². The number of rotatable bonds is 12. The summed E-state index contributed by atoms with van der Waals surface area (Å²) in [4.78, 5) is 43.6. The van der Waals surface area contributed by atoms with Crippen LogP contribution in [-0.4, -0.2) is 52.1 Å². The maximum Gasteiger partial charge on any atom is 0.408 e. The molecule has 236 valence electrons. The Hall–Kier alpha value is -3.55. The lowest BCUT2D eigenvalue weighted by Gasteiger charge is -2.37. The maximum atomic E-state index is 14.7. The zero-order chi connectivity index (χ0) is 31.6. The van der Waals surface area contributed by atoms with Crippen LogP contribution in [0.1, 0.15) is 107 Å². The van der Waals surface area contributed by atoms with Gasteiger partial charge in [-0.05, 0) is 88.3 Å². The molecule has 3 amide bonds. The molecule has 1 aliphatic rings. The summed E-state index contributed by atoms with van der Waals surface area (Å²) < 4.78 is 5.54. The molecule has 0 spiro atoms. The predicted molar refractivity (Wildman–Crippen MR) is 170 cm³/mol. The fraction of sp³-hybridized carbons (Fsp3) is 0.571. The van der Waals surface area contributed by atoms with Crippen LogP contribution in [0.15, 0.2) is 42.5 Å². The predicted octanol–water partition coefficient (Wildman–Crippen LogP) is 6.65. The van der Waals surface area contributed by atoms with E-state index in [1.165, 1.54) is 6.42 Å². The number of carbonyl (C=O) groups excluding carboxylic acids is 3. The van der Waals surface area contributed by atoms with Gasteiger partial charge in [0.1, 0.15) is 23.4 Å². The summed E-state index contributed by atoms with van der Waals surface area (Å²) in [7, 11) is 0. The van der Waals surface area contributed by atoms with E-state index in [1.54, 1.807) is 49.9 Å². The summed E-state index contributed by atoms with van der Waals surface area (Å²) in [6.07, 6.45) is 7.23. The number of ether oxygens (including phenoxy) is 1. The average molecular weight is 594 g/mol. The summed E-state index contributed by atoms with van der Waals surface area (Å²) in [6.45, 7) is 11.7. The number of nitrogens with one attached hydrogen (secondary N) is 2. The number of benzene rings is 2. The number of alkyl carbamates (subject to hydrolysis) is 1. The van der Waals surface area contributed by atoms with Gasteiger partial charge in [-0.15, -0.1) is 0 Å². The van der Waals surface area contributed by atoms with Crippen LogP contribution in [0, 0.1) is 13.8 Å². The van der Waals surface area contributed by atoms with Crippen molar-refractivity contribution in [2.45, 2.75) is 123 Å². The van der Waals surface area contributed by atoms with Crippen LogP contribution in [0.25, 0.3) is 0 Å². The normalized spacial score (nSPS) is 15.3. The number of unbranched alkanes of at least 4 members (excludes halogenated alkanes) is 2. The highest BCUT2D eigenvalue weighted by atomic mass is 16.6. The molecule has 0 aromatic heterocycles. The molecule has 0 radical (unpaired) electrons. The van der Waals surface area contributed by atoms with Crippen molar-refractivity contribution in [2.75, 3.05) is 6.54 Å². The Morgan fingerprint density at radius 3 is 2.19 bits per heavy atom. The SMILES string of the molecule is CCCCCN(C(=O)C(Cc1ccc(O)cc1)NC(=O)OC(C)(C)C)C(C(=O)NC1CCCCC1)c1c(C)cccc1C. The second kappa shape index (κ2) is 15.8. The molecule has 8 nitrogen and oxygen atoms in total. The van der Waals surface area contributed by atoms with E-state index in [2.05, 4.69) is 17.6 Å². The molecule has 43 heavy (non-hydrogen) atoms. The summed E-state index contributed by atoms with van der Waals surface area (Å²) in [6, 6.07) is 10.7. The number of amides is 3. The first-order valence-electron chi connectivity index (χ1n) is 15.8.